The fourth-order valence-corrected chi connectivity index (χ4v) is 2.49. The maximum Gasteiger partial charge on any atom is 0.291 e. The third-order valence-electron chi connectivity index (χ3n) is 3.55. The van der Waals surface area contributed by atoms with Crippen molar-refractivity contribution in [1.29, 1.82) is 0 Å². The molecule has 0 saturated heterocycles. The summed E-state index contributed by atoms with van der Waals surface area (Å²) in [5.41, 5.74) is 5.93. The summed E-state index contributed by atoms with van der Waals surface area (Å²) in [4.78, 5) is 16.7. The van der Waals surface area contributed by atoms with E-state index >= 15 is 0 Å². The predicted octanol–water partition coefficient (Wildman–Crippen LogP) is 3.45. The fraction of sp³-hybridized carbons (Fsp3) is 0.118. The van der Waals surface area contributed by atoms with Crippen LogP contribution in [0.2, 0.25) is 5.02 Å². The molecule has 1 amide bonds. The van der Waals surface area contributed by atoms with Crippen LogP contribution in [0, 0.1) is 6.92 Å². The summed E-state index contributed by atoms with van der Waals surface area (Å²) in [6, 6.07) is 12.9. The van der Waals surface area contributed by atoms with Crippen LogP contribution < -0.4 is 5.43 Å². The van der Waals surface area contributed by atoms with Crippen molar-refractivity contribution < 1.29 is 4.79 Å². The van der Waals surface area contributed by atoms with Gasteiger partial charge >= 0.3 is 0 Å². The first-order valence-electron chi connectivity index (χ1n) is 7.10. The predicted molar refractivity (Wildman–Crippen MR) is 91.1 cm³/mol. The average Bonchev–Trinajstić information content (AvgIpc) is 2.90. The van der Waals surface area contributed by atoms with Gasteiger partial charge in [-0.3, -0.25) is 4.79 Å². The molecule has 0 bridgehead atoms. The van der Waals surface area contributed by atoms with Crippen LogP contribution in [0.1, 0.15) is 28.7 Å². The summed E-state index contributed by atoms with van der Waals surface area (Å²) < 4.78 is 1.86. The molecule has 3 aromatic rings. The Labute approximate surface area is 138 Å². The van der Waals surface area contributed by atoms with Gasteiger partial charge in [0, 0.05) is 11.2 Å². The van der Waals surface area contributed by atoms with Crippen molar-refractivity contribution in [3.05, 3.63) is 70.6 Å². The number of halogens is 1. The summed E-state index contributed by atoms with van der Waals surface area (Å²) in [5, 5.41) is 4.76. The first-order valence-corrected chi connectivity index (χ1v) is 7.48. The zero-order chi connectivity index (χ0) is 16.4. The van der Waals surface area contributed by atoms with Crippen LogP contribution in [0.15, 0.2) is 53.8 Å². The van der Waals surface area contributed by atoms with Gasteiger partial charge < -0.3 is 4.40 Å². The molecule has 6 heteroatoms. The largest absolute Gasteiger partial charge is 0.304 e. The highest BCUT2D eigenvalue weighted by Crippen LogP contribution is 2.13. The average molecular weight is 327 g/mol. The van der Waals surface area contributed by atoms with Gasteiger partial charge in [-0.1, -0.05) is 29.8 Å². The topological polar surface area (TPSA) is 58.8 Å². The Balaban J connectivity index is 1.83. The lowest BCUT2D eigenvalue weighted by Crippen LogP contribution is -2.20. The zero-order valence-electron chi connectivity index (χ0n) is 12.7. The van der Waals surface area contributed by atoms with Gasteiger partial charge in [0.2, 0.25) is 0 Å². The molecule has 0 aliphatic carbocycles. The molecule has 116 valence electrons. The molecule has 0 unspecified atom stereocenters. The number of amides is 1. The van der Waals surface area contributed by atoms with Gasteiger partial charge in [0.1, 0.15) is 5.65 Å². The number of aryl methyl sites for hydroxylation is 1. The highest BCUT2D eigenvalue weighted by molar-refractivity contribution is 6.31. The van der Waals surface area contributed by atoms with E-state index in [0.717, 1.165) is 16.9 Å². The minimum atomic E-state index is -0.340. The third kappa shape index (κ3) is 3.10. The lowest BCUT2D eigenvalue weighted by atomic mass is 10.1. The fourth-order valence-electron chi connectivity index (χ4n) is 2.30. The number of hydrogen-bond donors (Lipinski definition) is 1. The van der Waals surface area contributed by atoms with Crippen LogP contribution in [0.5, 0.6) is 0 Å². The highest BCUT2D eigenvalue weighted by Gasteiger charge is 2.15. The van der Waals surface area contributed by atoms with Gasteiger partial charge in [0.05, 0.1) is 11.4 Å². The molecular weight excluding hydrogens is 312 g/mol. The van der Waals surface area contributed by atoms with E-state index in [1.54, 1.807) is 12.1 Å². The number of benzene rings is 1. The molecule has 0 aliphatic heterocycles. The molecule has 0 fully saturated rings. The Morgan fingerprint density at radius 2 is 2.09 bits per heavy atom. The maximum atomic E-state index is 12.3. The Hall–Kier alpha value is -2.66. The molecular formula is C17H15ClN4O. The molecule has 0 atom stereocenters. The van der Waals surface area contributed by atoms with Gasteiger partial charge in [0.25, 0.3) is 5.91 Å². The summed E-state index contributed by atoms with van der Waals surface area (Å²) in [6.07, 6.45) is 1.87. The van der Waals surface area contributed by atoms with Gasteiger partial charge in [-0.25, -0.2) is 10.4 Å². The number of carbonyl (C=O) groups is 1. The molecule has 3 rings (SSSR count). The van der Waals surface area contributed by atoms with Crippen LogP contribution in [-0.2, 0) is 0 Å². The molecule has 2 heterocycles. The number of hydrogen-bond acceptors (Lipinski definition) is 3. The van der Waals surface area contributed by atoms with Crippen LogP contribution in [-0.4, -0.2) is 21.0 Å². The number of nitrogens with one attached hydrogen (secondary N) is 1. The summed E-state index contributed by atoms with van der Waals surface area (Å²) in [5.74, 6) is -0.340. The Kier molecular flexibility index (Phi) is 4.12. The van der Waals surface area contributed by atoms with Crippen LogP contribution in [0.25, 0.3) is 5.65 Å². The number of aromatic nitrogens is 2. The number of imidazole rings is 1. The second-order valence-corrected chi connectivity index (χ2v) is 5.56. The van der Waals surface area contributed by atoms with Crippen LogP contribution >= 0.6 is 11.6 Å². The normalized spacial score (nSPS) is 11.7. The molecule has 0 saturated carbocycles. The van der Waals surface area contributed by atoms with Gasteiger partial charge in [-0.2, -0.15) is 5.10 Å². The number of carbonyl (C=O) groups excluding carboxylic acids is 1. The summed E-state index contributed by atoms with van der Waals surface area (Å²) in [6.45, 7) is 3.66. The van der Waals surface area contributed by atoms with Gasteiger partial charge in [-0.05, 0) is 43.7 Å². The number of fused-ring (bicyclic) bond motifs is 1. The molecule has 0 spiro atoms. The number of rotatable bonds is 3. The van der Waals surface area contributed by atoms with E-state index in [1.165, 1.54) is 0 Å². The van der Waals surface area contributed by atoms with E-state index < -0.39 is 0 Å². The van der Waals surface area contributed by atoms with E-state index in [-0.39, 0.29) is 5.91 Å². The monoisotopic (exact) mass is 326 g/mol. The van der Waals surface area contributed by atoms with Crippen molar-refractivity contribution in [2.75, 3.05) is 0 Å². The van der Waals surface area contributed by atoms with E-state index in [1.807, 2.05) is 54.8 Å². The lowest BCUT2D eigenvalue weighted by molar-refractivity contribution is 0.0950. The van der Waals surface area contributed by atoms with E-state index in [9.17, 15) is 4.79 Å². The van der Waals surface area contributed by atoms with Gasteiger partial charge in [-0.15, -0.1) is 0 Å². The summed E-state index contributed by atoms with van der Waals surface area (Å²) >= 11 is 5.96. The highest BCUT2D eigenvalue weighted by atomic mass is 35.5. The first kappa shape index (κ1) is 15.2. The van der Waals surface area contributed by atoms with E-state index in [0.29, 0.717) is 16.4 Å². The first-order chi connectivity index (χ1) is 11.1. The Bertz CT molecular complexity index is 914. The van der Waals surface area contributed by atoms with Crippen molar-refractivity contribution in [2.24, 2.45) is 5.10 Å². The molecule has 1 aromatic carbocycles. The molecule has 0 aliphatic rings. The van der Waals surface area contributed by atoms with Crippen molar-refractivity contribution in [3.8, 4) is 0 Å². The third-order valence-corrected chi connectivity index (χ3v) is 3.79. The van der Waals surface area contributed by atoms with E-state index in [4.69, 9.17) is 11.6 Å². The molecule has 23 heavy (non-hydrogen) atoms. The zero-order valence-corrected chi connectivity index (χ0v) is 13.5. The smallest absolute Gasteiger partial charge is 0.291 e. The lowest BCUT2D eigenvalue weighted by Gasteiger charge is -2.03. The minimum absolute atomic E-state index is 0.340. The second-order valence-electron chi connectivity index (χ2n) is 5.12. The van der Waals surface area contributed by atoms with Crippen molar-refractivity contribution in [1.82, 2.24) is 14.8 Å². The van der Waals surface area contributed by atoms with E-state index in [2.05, 4.69) is 15.5 Å². The van der Waals surface area contributed by atoms with Gasteiger partial charge in [0.15, 0.2) is 5.69 Å². The Morgan fingerprint density at radius 3 is 2.83 bits per heavy atom. The van der Waals surface area contributed by atoms with Crippen LogP contribution in [0.3, 0.4) is 0 Å². The molecule has 0 radical (unpaired) electrons. The molecule has 1 N–H and O–H groups in total. The number of hydrazone groups is 1. The Morgan fingerprint density at radius 1 is 1.26 bits per heavy atom. The summed E-state index contributed by atoms with van der Waals surface area (Å²) in [7, 11) is 0. The standard InChI is InChI=1S/C17H15ClN4O/c1-11(13-6-5-7-14(18)10-13)20-21-17(23)16-12(2)22-9-4-3-8-15(22)19-16/h3-10H,1-2H3,(H,21,23)/b20-11+. The number of pyridine rings is 1. The van der Waals surface area contributed by atoms with Crippen molar-refractivity contribution in [2.45, 2.75) is 13.8 Å². The van der Waals surface area contributed by atoms with Crippen molar-refractivity contribution >= 4 is 28.9 Å². The van der Waals surface area contributed by atoms with Crippen LogP contribution in [0.4, 0.5) is 0 Å². The number of nitrogens with zero attached hydrogens (tertiary/aromatic N) is 3. The maximum absolute atomic E-state index is 12.3. The molecule has 2 aromatic heterocycles. The SMILES string of the molecule is C/C(=N\NC(=O)c1nc2ccccn2c1C)c1cccc(Cl)c1. The minimum Gasteiger partial charge on any atom is -0.304 e. The van der Waals surface area contributed by atoms with Crippen molar-refractivity contribution in [3.63, 3.8) is 0 Å². The quantitative estimate of drug-likeness (QED) is 0.592. The molecule has 5 nitrogen and oxygen atoms in total. The second kappa shape index (κ2) is 6.22.